The molecule has 0 N–H and O–H groups in total. The van der Waals surface area contributed by atoms with Crippen molar-refractivity contribution in [1.29, 1.82) is 0 Å². The van der Waals surface area contributed by atoms with Crippen molar-refractivity contribution in [2.24, 2.45) is 0 Å². The fourth-order valence-electron chi connectivity index (χ4n) is 3.96. The van der Waals surface area contributed by atoms with Crippen LogP contribution < -0.4 is 9.80 Å². The Balaban J connectivity index is 1.27. The minimum absolute atomic E-state index is 0.250. The highest BCUT2D eigenvalue weighted by Gasteiger charge is 2.23. The quantitative estimate of drug-likeness (QED) is 0.801. The lowest BCUT2D eigenvalue weighted by Crippen LogP contribution is -2.49. The number of hydrogen-bond acceptors (Lipinski definition) is 6. The Labute approximate surface area is 166 Å². The van der Waals surface area contributed by atoms with Crippen LogP contribution in [0.25, 0.3) is 0 Å². The third kappa shape index (κ3) is 4.25. The molecular formula is C21H28N6O. The van der Waals surface area contributed by atoms with Crippen LogP contribution in [-0.4, -0.2) is 78.5 Å². The van der Waals surface area contributed by atoms with E-state index in [1.165, 1.54) is 11.3 Å². The average Bonchev–Trinajstić information content (AvgIpc) is 2.92. The van der Waals surface area contributed by atoms with Gasteiger partial charge in [0.2, 0.25) is 11.9 Å². The maximum atomic E-state index is 12.7. The van der Waals surface area contributed by atoms with Gasteiger partial charge in [-0.3, -0.25) is 9.69 Å². The molecule has 4 rings (SSSR count). The van der Waals surface area contributed by atoms with Gasteiger partial charge < -0.3 is 14.7 Å². The standard InChI is InChI=1S/C21H28N6O/c1-24-11-12-25(17-18-5-2-3-6-19(18)24)10-7-20(28)26-13-15-27(16-14-26)21-22-8-4-9-23-21/h2-6,8-9H,7,10-17H2,1H3. The molecule has 1 fully saturated rings. The predicted molar refractivity (Wildman–Crippen MR) is 110 cm³/mol. The third-order valence-electron chi connectivity index (χ3n) is 5.66. The number of fused-ring (bicyclic) bond motifs is 1. The number of carbonyl (C=O) groups is 1. The van der Waals surface area contributed by atoms with Crippen molar-refractivity contribution < 1.29 is 4.79 Å². The number of carbonyl (C=O) groups excluding carboxylic acids is 1. The Morgan fingerprint density at radius 1 is 0.964 bits per heavy atom. The molecule has 0 saturated carbocycles. The van der Waals surface area contributed by atoms with Gasteiger partial charge in [0.25, 0.3) is 0 Å². The van der Waals surface area contributed by atoms with Gasteiger partial charge in [0.1, 0.15) is 0 Å². The van der Waals surface area contributed by atoms with Crippen molar-refractivity contribution in [1.82, 2.24) is 19.8 Å². The van der Waals surface area contributed by atoms with E-state index in [0.29, 0.717) is 6.42 Å². The zero-order chi connectivity index (χ0) is 19.3. The SMILES string of the molecule is CN1CCN(CCC(=O)N2CCN(c3ncccn3)CC2)Cc2ccccc21. The summed E-state index contributed by atoms with van der Waals surface area (Å²) < 4.78 is 0. The molecule has 3 heterocycles. The fraction of sp³-hybridized carbons (Fsp3) is 0.476. The number of nitrogens with zero attached hydrogens (tertiary/aromatic N) is 6. The van der Waals surface area contributed by atoms with Gasteiger partial charge in [-0.15, -0.1) is 0 Å². The van der Waals surface area contributed by atoms with Gasteiger partial charge >= 0.3 is 0 Å². The Kier molecular flexibility index (Phi) is 5.71. The van der Waals surface area contributed by atoms with Crippen LogP contribution in [0.4, 0.5) is 11.6 Å². The smallest absolute Gasteiger partial charge is 0.225 e. The second kappa shape index (κ2) is 8.56. The monoisotopic (exact) mass is 380 g/mol. The van der Waals surface area contributed by atoms with E-state index in [1.54, 1.807) is 12.4 Å². The largest absolute Gasteiger partial charge is 0.373 e. The maximum absolute atomic E-state index is 12.7. The topological polar surface area (TPSA) is 55.8 Å². The van der Waals surface area contributed by atoms with Crippen molar-refractivity contribution >= 4 is 17.5 Å². The van der Waals surface area contributed by atoms with Crippen LogP contribution in [0.5, 0.6) is 0 Å². The average molecular weight is 380 g/mol. The summed E-state index contributed by atoms with van der Waals surface area (Å²) in [6, 6.07) is 10.4. The summed E-state index contributed by atoms with van der Waals surface area (Å²) in [5.74, 6) is 1.00. The van der Waals surface area contributed by atoms with Gasteiger partial charge in [-0.1, -0.05) is 18.2 Å². The number of rotatable bonds is 4. The Morgan fingerprint density at radius 2 is 1.71 bits per heavy atom. The Hall–Kier alpha value is -2.67. The Bertz CT molecular complexity index is 790. The van der Waals surface area contributed by atoms with Crippen molar-refractivity contribution in [3.63, 3.8) is 0 Å². The number of likely N-dealkylation sites (N-methyl/N-ethyl adjacent to an activating group) is 1. The molecule has 148 valence electrons. The zero-order valence-electron chi connectivity index (χ0n) is 16.5. The van der Waals surface area contributed by atoms with Gasteiger partial charge in [-0.05, 0) is 17.7 Å². The van der Waals surface area contributed by atoms with Gasteiger partial charge in [0.05, 0.1) is 0 Å². The molecule has 2 aliphatic rings. The lowest BCUT2D eigenvalue weighted by molar-refractivity contribution is -0.131. The first-order valence-corrected chi connectivity index (χ1v) is 10.0. The summed E-state index contributed by atoms with van der Waals surface area (Å²) in [6.45, 7) is 6.75. The van der Waals surface area contributed by atoms with Crippen LogP contribution in [0.3, 0.4) is 0 Å². The molecule has 28 heavy (non-hydrogen) atoms. The van der Waals surface area contributed by atoms with E-state index in [2.05, 4.69) is 56.0 Å². The molecule has 2 aromatic rings. The van der Waals surface area contributed by atoms with E-state index in [4.69, 9.17) is 0 Å². The fourth-order valence-corrected chi connectivity index (χ4v) is 3.96. The number of piperazine rings is 1. The molecule has 0 aliphatic carbocycles. The number of hydrogen-bond donors (Lipinski definition) is 0. The van der Waals surface area contributed by atoms with E-state index in [-0.39, 0.29) is 5.91 Å². The minimum Gasteiger partial charge on any atom is -0.373 e. The molecule has 7 heteroatoms. The van der Waals surface area contributed by atoms with E-state index in [0.717, 1.165) is 58.3 Å². The number of amides is 1. The van der Waals surface area contributed by atoms with Crippen LogP contribution in [0.15, 0.2) is 42.7 Å². The first-order chi connectivity index (χ1) is 13.7. The predicted octanol–water partition coefficient (Wildman–Crippen LogP) is 1.47. The van der Waals surface area contributed by atoms with E-state index in [1.807, 2.05) is 11.0 Å². The number of benzene rings is 1. The second-order valence-electron chi connectivity index (χ2n) is 7.49. The van der Waals surface area contributed by atoms with Gasteiger partial charge in [0.15, 0.2) is 0 Å². The normalized spacial score (nSPS) is 18.0. The first kappa shape index (κ1) is 18.7. The number of anilines is 2. The molecule has 0 radical (unpaired) electrons. The van der Waals surface area contributed by atoms with E-state index >= 15 is 0 Å². The molecule has 1 saturated heterocycles. The van der Waals surface area contributed by atoms with Crippen LogP contribution in [0.2, 0.25) is 0 Å². The summed E-state index contributed by atoms with van der Waals surface area (Å²) >= 11 is 0. The Morgan fingerprint density at radius 3 is 2.50 bits per heavy atom. The van der Waals surface area contributed by atoms with Gasteiger partial charge in [-0.2, -0.15) is 0 Å². The summed E-state index contributed by atoms with van der Waals surface area (Å²) in [5.41, 5.74) is 2.64. The van der Waals surface area contributed by atoms with Crippen LogP contribution >= 0.6 is 0 Å². The molecule has 0 bridgehead atoms. The van der Waals surface area contributed by atoms with Gasteiger partial charge in [-0.25, -0.2) is 9.97 Å². The highest BCUT2D eigenvalue weighted by atomic mass is 16.2. The molecule has 1 amide bonds. The van der Waals surface area contributed by atoms with Crippen molar-refractivity contribution in [3.8, 4) is 0 Å². The molecule has 1 aromatic carbocycles. The van der Waals surface area contributed by atoms with Crippen molar-refractivity contribution in [3.05, 3.63) is 48.3 Å². The summed E-state index contributed by atoms with van der Waals surface area (Å²) in [4.78, 5) is 30.2. The molecule has 0 atom stereocenters. The van der Waals surface area contributed by atoms with Crippen molar-refractivity contribution in [2.45, 2.75) is 13.0 Å². The summed E-state index contributed by atoms with van der Waals surface area (Å²) in [7, 11) is 2.14. The zero-order valence-corrected chi connectivity index (χ0v) is 16.5. The lowest BCUT2D eigenvalue weighted by Gasteiger charge is -2.35. The van der Waals surface area contributed by atoms with Gasteiger partial charge in [0, 0.05) is 83.9 Å². The highest BCUT2D eigenvalue weighted by Crippen LogP contribution is 2.23. The molecule has 2 aliphatic heterocycles. The molecule has 1 aromatic heterocycles. The molecular weight excluding hydrogens is 352 g/mol. The van der Waals surface area contributed by atoms with Crippen molar-refractivity contribution in [2.75, 3.05) is 62.7 Å². The summed E-state index contributed by atoms with van der Waals surface area (Å²) in [6.07, 6.45) is 4.10. The molecule has 0 spiro atoms. The van der Waals surface area contributed by atoms with Crippen LogP contribution in [-0.2, 0) is 11.3 Å². The minimum atomic E-state index is 0.250. The maximum Gasteiger partial charge on any atom is 0.225 e. The first-order valence-electron chi connectivity index (χ1n) is 10.0. The van der Waals surface area contributed by atoms with E-state index in [9.17, 15) is 4.79 Å². The second-order valence-corrected chi connectivity index (χ2v) is 7.49. The molecule has 7 nitrogen and oxygen atoms in total. The van der Waals surface area contributed by atoms with Crippen LogP contribution in [0, 0.1) is 0 Å². The number of para-hydroxylation sites is 1. The highest BCUT2D eigenvalue weighted by molar-refractivity contribution is 5.76. The third-order valence-corrected chi connectivity index (χ3v) is 5.66. The van der Waals surface area contributed by atoms with E-state index < -0.39 is 0 Å². The lowest BCUT2D eigenvalue weighted by atomic mass is 10.1. The van der Waals surface area contributed by atoms with Crippen LogP contribution in [0.1, 0.15) is 12.0 Å². The molecule has 0 unspecified atom stereocenters. The summed E-state index contributed by atoms with van der Waals surface area (Å²) in [5, 5.41) is 0. The number of aromatic nitrogens is 2.